The number of pyridine rings is 1. The molecule has 0 unspecified atom stereocenters. The van der Waals surface area contributed by atoms with Crippen molar-refractivity contribution in [2.45, 2.75) is 0 Å². The van der Waals surface area contributed by atoms with E-state index in [9.17, 15) is 9.59 Å². The van der Waals surface area contributed by atoms with Crippen LogP contribution in [0.4, 0.5) is 5.69 Å². The molecule has 168 valence electrons. The molecule has 2 aromatic heterocycles. The first-order valence-electron chi connectivity index (χ1n) is 11.0. The van der Waals surface area contributed by atoms with Gasteiger partial charge in [-0.15, -0.1) is 0 Å². The predicted octanol–water partition coefficient (Wildman–Crippen LogP) is 3.05. The number of hydrogen-bond acceptors (Lipinski definition) is 5. The molecule has 1 amide bonds. The highest BCUT2D eigenvalue weighted by molar-refractivity contribution is 6.31. The number of aromatic nitrogens is 2. The van der Waals surface area contributed by atoms with E-state index in [0.29, 0.717) is 33.7 Å². The number of piperazine rings is 1. The number of carbonyl (C=O) groups is 1. The van der Waals surface area contributed by atoms with Crippen LogP contribution in [0.15, 0.2) is 71.7 Å². The molecule has 2 aromatic carbocycles. The molecule has 1 aliphatic heterocycles. The summed E-state index contributed by atoms with van der Waals surface area (Å²) in [5.74, 6) is -0.206. The minimum absolute atomic E-state index is 0.206. The number of nitrogens with zero attached hydrogens (tertiary/aromatic N) is 4. The second kappa shape index (κ2) is 9.21. The number of carbonyl (C=O) groups excluding carboxylic acids is 1. The zero-order valence-electron chi connectivity index (χ0n) is 18.1. The van der Waals surface area contributed by atoms with E-state index >= 15 is 0 Å². The van der Waals surface area contributed by atoms with Crippen LogP contribution < -0.4 is 15.8 Å². The molecule has 0 spiro atoms. The normalized spacial score (nSPS) is 14.6. The molecule has 3 heterocycles. The van der Waals surface area contributed by atoms with Crippen LogP contribution in [0.3, 0.4) is 0 Å². The highest BCUT2D eigenvalue weighted by atomic mass is 35.5. The van der Waals surface area contributed by atoms with Gasteiger partial charge in [0.1, 0.15) is 5.65 Å². The molecule has 0 saturated carbocycles. The Hall–Kier alpha value is -3.42. The standard InChI is InChI=1S/C25H24ClN5O2/c26-19-7-8-21-22(16-19)28-23-9-6-18(17-31(23)25(21)33)24(32)27-10-11-29-12-14-30(15-13-29)20-4-2-1-3-5-20/h1-9,16-17H,10-15H2,(H,27,32). The van der Waals surface area contributed by atoms with Crippen molar-refractivity contribution < 1.29 is 4.79 Å². The molecule has 1 aliphatic rings. The van der Waals surface area contributed by atoms with E-state index in [0.717, 1.165) is 32.7 Å². The zero-order chi connectivity index (χ0) is 22.8. The summed E-state index contributed by atoms with van der Waals surface area (Å²) >= 11 is 6.02. The van der Waals surface area contributed by atoms with Crippen molar-refractivity contribution in [2.24, 2.45) is 0 Å². The van der Waals surface area contributed by atoms with Crippen molar-refractivity contribution >= 4 is 39.7 Å². The quantitative estimate of drug-likeness (QED) is 0.462. The van der Waals surface area contributed by atoms with Crippen molar-refractivity contribution in [3.05, 3.63) is 87.8 Å². The van der Waals surface area contributed by atoms with Gasteiger partial charge in [-0.3, -0.25) is 18.9 Å². The molecule has 0 atom stereocenters. The highest BCUT2D eigenvalue weighted by Crippen LogP contribution is 2.17. The van der Waals surface area contributed by atoms with Gasteiger partial charge in [0.25, 0.3) is 11.5 Å². The number of rotatable bonds is 5. The van der Waals surface area contributed by atoms with Crippen LogP contribution in [0.5, 0.6) is 0 Å². The van der Waals surface area contributed by atoms with Gasteiger partial charge in [0.15, 0.2) is 0 Å². The lowest BCUT2D eigenvalue weighted by Gasteiger charge is -2.36. The van der Waals surface area contributed by atoms with Gasteiger partial charge >= 0.3 is 0 Å². The number of benzene rings is 2. The second-order valence-corrected chi connectivity index (χ2v) is 8.58. The molecule has 1 N–H and O–H groups in total. The first-order valence-corrected chi connectivity index (χ1v) is 11.4. The maximum atomic E-state index is 12.9. The molecule has 0 bridgehead atoms. The van der Waals surface area contributed by atoms with Crippen LogP contribution in [-0.4, -0.2) is 59.5 Å². The summed E-state index contributed by atoms with van der Waals surface area (Å²) in [6, 6.07) is 18.8. The smallest absolute Gasteiger partial charge is 0.265 e. The number of hydrogen-bond donors (Lipinski definition) is 1. The average molecular weight is 462 g/mol. The van der Waals surface area contributed by atoms with Crippen molar-refractivity contribution in [1.82, 2.24) is 19.6 Å². The van der Waals surface area contributed by atoms with E-state index in [-0.39, 0.29) is 11.5 Å². The Morgan fingerprint density at radius 3 is 2.58 bits per heavy atom. The number of amides is 1. The average Bonchev–Trinajstić information content (AvgIpc) is 2.85. The number of fused-ring (bicyclic) bond motifs is 2. The van der Waals surface area contributed by atoms with Gasteiger partial charge in [-0.25, -0.2) is 4.98 Å². The van der Waals surface area contributed by atoms with Gasteiger partial charge in [0.2, 0.25) is 0 Å². The molecular weight excluding hydrogens is 438 g/mol. The Bertz CT molecular complexity index is 1360. The van der Waals surface area contributed by atoms with Crippen LogP contribution >= 0.6 is 11.6 Å². The molecule has 33 heavy (non-hydrogen) atoms. The third kappa shape index (κ3) is 4.55. The van der Waals surface area contributed by atoms with E-state index in [1.807, 2.05) is 6.07 Å². The highest BCUT2D eigenvalue weighted by Gasteiger charge is 2.17. The van der Waals surface area contributed by atoms with Crippen LogP contribution in [0.1, 0.15) is 10.4 Å². The largest absolute Gasteiger partial charge is 0.369 e. The second-order valence-electron chi connectivity index (χ2n) is 8.14. The van der Waals surface area contributed by atoms with Crippen LogP contribution in [0.25, 0.3) is 16.6 Å². The molecule has 1 fully saturated rings. The summed E-state index contributed by atoms with van der Waals surface area (Å²) in [6.07, 6.45) is 1.55. The molecule has 0 aliphatic carbocycles. The molecule has 7 nitrogen and oxygen atoms in total. The minimum Gasteiger partial charge on any atom is -0.369 e. The molecule has 8 heteroatoms. The lowest BCUT2D eigenvalue weighted by molar-refractivity contribution is 0.0947. The van der Waals surface area contributed by atoms with Crippen molar-refractivity contribution in [3.63, 3.8) is 0 Å². The van der Waals surface area contributed by atoms with Crippen molar-refractivity contribution in [3.8, 4) is 0 Å². The number of para-hydroxylation sites is 1. The van der Waals surface area contributed by atoms with Gasteiger partial charge in [0, 0.05) is 56.2 Å². The van der Waals surface area contributed by atoms with E-state index in [2.05, 4.69) is 44.4 Å². The summed E-state index contributed by atoms with van der Waals surface area (Å²) < 4.78 is 1.41. The van der Waals surface area contributed by atoms with E-state index in [1.165, 1.54) is 10.1 Å². The summed E-state index contributed by atoms with van der Waals surface area (Å²) in [5.41, 5.74) is 2.47. The molecule has 4 aromatic rings. The van der Waals surface area contributed by atoms with Crippen molar-refractivity contribution in [1.29, 1.82) is 0 Å². The fraction of sp³-hybridized carbons (Fsp3) is 0.240. The Morgan fingerprint density at radius 2 is 1.79 bits per heavy atom. The SMILES string of the molecule is O=C(NCCN1CCN(c2ccccc2)CC1)c1ccc2nc3cc(Cl)ccc3c(=O)n2c1. The lowest BCUT2D eigenvalue weighted by atomic mass is 10.2. The van der Waals surface area contributed by atoms with Gasteiger partial charge in [0.05, 0.1) is 16.5 Å². The first-order chi connectivity index (χ1) is 16.1. The number of nitrogens with one attached hydrogen (secondary N) is 1. The molecule has 0 radical (unpaired) electrons. The fourth-order valence-corrected chi connectivity index (χ4v) is 4.38. The molecule has 5 rings (SSSR count). The summed E-state index contributed by atoms with van der Waals surface area (Å²) in [7, 11) is 0. The number of anilines is 1. The van der Waals surface area contributed by atoms with Gasteiger partial charge < -0.3 is 10.2 Å². The maximum Gasteiger partial charge on any atom is 0.265 e. The maximum absolute atomic E-state index is 12.9. The van der Waals surface area contributed by atoms with Gasteiger partial charge in [-0.1, -0.05) is 29.8 Å². The Balaban J connectivity index is 1.20. The van der Waals surface area contributed by atoms with Crippen LogP contribution in [0.2, 0.25) is 5.02 Å². The first kappa shape index (κ1) is 21.4. The van der Waals surface area contributed by atoms with E-state index in [4.69, 9.17) is 11.6 Å². The van der Waals surface area contributed by atoms with Crippen molar-refractivity contribution in [2.75, 3.05) is 44.2 Å². The van der Waals surface area contributed by atoms with Gasteiger partial charge in [-0.05, 0) is 42.5 Å². The Morgan fingerprint density at radius 1 is 1.00 bits per heavy atom. The molecular formula is C25H24ClN5O2. The zero-order valence-corrected chi connectivity index (χ0v) is 18.8. The van der Waals surface area contributed by atoms with Crippen LogP contribution in [0, 0.1) is 0 Å². The third-order valence-electron chi connectivity index (χ3n) is 6.04. The summed E-state index contributed by atoms with van der Waals surface area (Å²) in [6.45, 7) is 5.19. The van der Waals surface area contributed by atoms with Crippen LogP contribution in [-0.2, 0) is 0 Å². The van der Waals surface area contributed by atoms with Gasteiger partial charge in [-0.2, -0.15) is 0 Å². The van der Waals surface area contributed by atoms with E-state index in [1.54, 1.807) is 36.5 Å². The summed E-state index contributed by atoms with van der Waals surface area (Å²) in [5, 5.41) is 3.96. The topological polar surface area (TPSA) is 70.0 Å². The lowest BCUT2D eigenvalue weighted by Crippen LogP contribution is -2.48. The van der Waals surface area contributed by atoms with E-state index < -0.39 is 0 Å². The Labute approximate surface area is 196 Å². The third-order valence-corrected chi connectivity index (χ3v) is 6.28. The Kier molecular flexibility index (Phi) is 5.98. The molecule has 1 saturated heterocycles. The predicted molar refractivity (Wildman–Crippen MR) is 131 cm³/mol. The number of halogens is 1. The fourth-order valence-electron chi connectivity index (χ4n) is 4.21. The summed E-state index contributed by atoms with van der Waals surface area (Å²) in [4.78, 5) is 34.8. The minimum atomic E-state index is -0.224. The monoisotopic (exact) mass is 461 g/mol.